The molecule has 3 fully saturated rings. The van der Waals surface area contributed by atoms with Crippen molar-refractivity contribution in [3.8, 4) is 17.2 Å². The van der Waals surface area contributed by atoms with Crippen LogP contribution in [0.1, 0.15) is 96.4 Å². The van der Waals surface area contributed by atoms with Gasteiger partial charge in [0.1, 0.15) is 52.7 Å². The maximum atomic E-state index is 13.2. The Kier molecular flexibility index (Phi) is 23.9. The normalized spacial score (nSPS) is 20.1. The molecule has 3 saturated heterocycles. The highest BCUT2D eigenvalue weighted by atomic mass is 16.7. The lowest BCUT2D eigenvalue weighted by molar-refractivity contribution is -0.116. The van der Waals surface area contributed by atoms with Crippen LogP contribution < -0.4 is 48.9 Å². The molecule has 0 aliphatic carbocycles. The summed E-state index contributed by atoms with van der Waals surface area (Å²) in [6.45, 7) is 31.5. The van der Waals surface area contributed by atoms with Crippen LogP contribution in [0, 0.1) is 6.92 Å². The van der Waals surface area contributed by atoms with E-state index in [9.17, 15) is 19.2 Å². The smallest absolute Gasteiger partial charge is 0.276 e. The standard InChI is InChI=1S/C28H35N5O4.2C27H34N4O3/c1-19(2)36-27-7-5-4-6-25(27)32-14-12-31(13-15-32)18-23-17-24(30-37-23)28(35)29-22-9-8-21-10-11-33(20(3)34)26(21)16-22;1-19(2)33-26-7-5-4-6-25(26)30-14-12-29(13-15-30)18-22-17-23(28-34-22)27(32)31-11-10-21-16-20(3)8-9-24(21)31;1-20(2)33-26-12-6-5-11-25(26)30-16-14-29(15-17-30)19-22-18-23(28-34-22)27(32)31-13-7-9-21-8-3-4-10-24(21)31/h4-9,16,19,23H,10-15,17-18H2,1-3H3,(H,29,35);4-9,16,19,22H,10-15,17-18H2,1-3H3;3-6,8,10-12,20,22H,7,9,13-19H2,1-2H3. The van der Waals surface area contributed by atoms with Crippen molar-refractivity contribution in [3.05, 3.63) is 156 Å². The Morgan fingerprint density at radius 2 is 0.819 bits per heavy atom. The van der Waals surface area contributed by atoms with Gasteiger partial charge < -0.3 is 63.4 Å². The van der Waals surface area contributed by atoms with Gasteiger partial charge in [0.2, 0.25) is 5.91 Å². The number of amides is 4. The Labute approximate surface area is 618 Å². The first-order valence-corrected chi connectivity index (χ1v) is 37.8. The first-order chi connectivity index (χ1) is 50.9. The van der Waals surface area contributed by atoms with E-state index in [-0.39, 0.29) is 60.3 Å². The zero-order valence-corrected chi connectivity index (χ0v) is 62.3. The zero-order chi connectivity index (χ0) is 73.1. The third-order valence-electron chi connectivity index (χ3n) is 20.5. The van der Waals surface area contributed by atoms with E-state index in [1.807, 2.05) is 109 Å². The molecule has 9 aliphatic rings. The van der Waals surface area contributed by atoms with Crippen molar-refractivity contribution in [2.45, 2.75) is 137 Å². The van der Waals surface area contributed by atoms with Crippen LogP contribution in [0.4, 0.5) is 39.8 Å². The van der Waals surface area contributed by atoms with Gasteiger partial charge in [-0.25, -0.2) is 0 Å². The summed E-state index contributed by atoms with van der Waals surface area (Å²) >= 11 is 0. The third-order valence-corrected chi connectivity index (χ3v) is 20.5. The SMILES string of the molecule is CC(=O)N1CCc2ccc(NC(=O)C3=NOC(CN4CCN(c5ccccc5OC(C)C)CC4)C3)cc21.CC(C)Oc1ccccc1N1CCN(CC2CC(C(=O)N3CCCc4ccccc43)=NO2)CC1.Cc1ccc2c(c1)CCN2C(=O)C1=NOC(CN2CCN(c3ccccc3OC(C)C)CC2)C1. The molecule has 1 N–H and O–H groups in total. The number of carbonyl (C=O) groups is 4. The molecule has 0 radical (unpaired) electrons. The lowest BCUT2D eigenvalue weighted by Crippen LogP contribution is -2.49. The molecule has 15 rings (SSSR count). The van der Waals surface area contributed by atoms with E-state index in [0.717, 1.165) is 187 Å². The molecule has 3 unspecified atom stereocenters. The molecule has 0 aromatic heterocycles. The molecule has 23 heteroatoms. The van der Waals surface area contributed by atoms with Crippen molar-refractivity contribution < 1.29 is 47.9 Å². The number of nitrogens with zero attached hydrogens (tertiary/aromatic N) is 12. The van der Waals surface area contributed by atoms with E-state index >= 15 is 0 Å². The van der Waals surface area contributed by atoms with Gasteiger partial charge in [0.15, 0.2) is 0 Å². The predicted octanol–water partition coefficient (Wildman–Crippen LogP) is 10.6. The number of anilines is 7. The van der Waals surface area contributed by atoms with E-state index in [0.29, 0.717) is 55.2 Å². The van der Waals surface area contributed by atoms with Gasteiger partial charge in [-0.3, -0.25) is 33.9 Å². The average molecular weight is 1430 g/mol. The number of aryl methyl sites for hydroxylation is 2. The lowest BCUT2D eigenvalue weighted by atomic mass is 10.0. The second kappa shape index (κ2) is 34.0. The Morgan fingerprint density at radius 1 is 0.419 bits per heavy atom. The van der Waals surface area contributed by atoms with Gasteiger partial charge in [-0.1, -0.05) is 93.8 Å². The second-order valence-corrected chi connectivity index (χ2v) is 29.4. The topological polar surface area (TPSA) is 202 Å². The number of hydrogen-bond acceptors (Lipinski definition) is 19. The molecule has 0 spiro atoms. The first-order valence-electron chi connectivity index (χ1n) is 37.8. The van der Waals surface area contributed by atoms with E-state index < -0.39 is 0 Å². The number of benzene rings is 6. The van der Waals surface area contributed by atoms with Crippen molar-refractivity contribution in [1.82, 2.24) is 14.7 Å². The van der Waals surface area contributed by atoms with Gasteiger partial charge in [-0.05, 0) is 152 Å². The number of nitrogens with one attached hydrogen (secondary N) is 1. The van der Waals surface area contributed by atoms with Crippen molar-refractivity contribution in [2.75, 3.05) is 153 Å². The summed E-state index contributed by atoms with van der Waals surface area (Å²) in [5, 5.41) is 15.4. The number of hydrogen-bond donors (Lipinski definition) is 1. The molecule has 3 atom stereocenters. The molecule has 4 amide bonds. The fourth-order valence-electron chi connectivity index (χ4n) is 15.3. The first kappa shape index (κ1) is 73.6. The highest BCUT2D eigenvalue weighted by Crippen LogP contribution is 2.37. The summed E-state index contributed by atoms with van der Waals surface area (Å²) in [6, 6.07) is 44.9. The second-order valence-electron chi connectivity index (χ2n) is 29.4. The number of ether oxygens (including phenoxy) is 3. The van der Waals surface area contributed by atoms with Gasteiger partial charge in [0.05, 0.1) is 35.4 Å². The summed E-state index contributed by atoms with van der Waals surface area (Å²) in [5.74, 6) is 2.53. The van der Waals surface area contributed by atoms with E-state index in [1.165, 1.54) is 16.7 Å². The van der Waals surface area contributed by atoms with Crippen LogP contribution in [-0.2, 0) is 53.0 Å². The molecule has 6 aromatic carbocycles. The largest absolute Gasteiger partial charge is 0.489 e. The maximum Gasteiger partial charge on any atom is 0.276 e. The molecule has 0 bridgehead atoms. The number of rotatable bonds is 19. The zero-order valence-electron chi connectivity index (χ0n) is 62.3. The minimum Gasteiger partial charge on any atom is -0.489 e. The van der Waals surface area contributed by atoms with Crippen LogP contribution in [0.5, 0.6) is 17.2 Å². The van der Waals surface area contributed by atoms with Gasteiger partial charge in [-0.15, -0.1) is 0 Å². The predicted molar refractivity (Wildman–Crippen MR) is 415 cm³/mol. The fourth-order valence-corrected chi connectivity index (χ4v) is 15.3. The van der Waals surface area contributed by atoms with Crippen molar-refractivity contribution in [1.29, 1.82) is 0 Å². The Bertz CT molecular complexity index is 4140. The quantitative estimate of drug-likeness (QED) is 0.0801. The molecule has 105 heavy (non-hydrogen) atoms. The summed E-state index contributed by atoms with van der Waals surface area (Å²) in [7, 11) is 0. The molecular weight excluding hydrogens is 1330 g/mol. The van der Waals surface area contributed by atoms with Crippen LogP contribution in [0.3, 0.4) is 0 Å². The van der Waals surface area contributed by atoms with E-state index in [4.69, 9.17) is 28.7 Å². The van der Waals surface area contributed by atoms with Gasteiger partial charge in [0.25, 0.3) is 17.7 Å². The Balaban J connectivity index is 0.000000140. The summed E-state index contributed by atoms with van der Waals surface area (Å²) in [4.78, 5) is 87.9. The van der Waals surface area contributed by atoms with Crippen LogP contribution in [-0.4, -0.2) is 210 Å². The number of fused-ring (bicyclic) bond motifs is 3. The van der Waals surface area contributed by atoms with E-state index in [1.54, 1.807) is 11.8 Å². The van der Waals surface area contributed by atoms with E-state index in [2.05, 4.69) is 133 Å². The Morgan fingerprint density at radius 3 is 1.30 bits per heavy atom. The summed E-state index contributed by atoms with van der Waals surface area (Å²) < 4.78 is 18.0. The van der Waals surface area contributed by atoms with Gasteiger partial charge >= 0.3 is 0 Å². The highest BCUT2D eigenvalue weighted by molar-refractivity contribution is 6.45. The number of piperazine rings is 3. The average Bonchev–Trinajstić information content (AvgIpc) is 1.78. The third kappa shape index (κ3) is 18.3. The van der Waals surface area contributed by atoms with Crippen molar-refractivity contribution in [3.63, 3.8) is 0 Å². The van der Waals surface area contributed by atoms with Crippen LogP contribution in [0.25, 0.3) is 0 Å². The number of oxime groups is 3. The van der Waals surface area contributed by atoms with Crippen LogP contribution in [0.2, 0.25) is 0 Å². The molecule has 9 heterocycles. The fraction of sp³-hybridized carbons (Fsp3) is 0.476. The van der Waals surface area contributed by atoms with Crippen LogP contribution >= 0.6 is 0 Å². The molecule has 556 valence electrons. The molecule has 0 saturated carbocycles. The molecule has 9 aliphatic heterocycles. The molecule has 23 nitrogen and oxygen atoms in total. The number of para-hydroxylation sites is 7. The van der Waals surface area contributed by atoms with Crippen molar-refractivity contribution in [2.24, 2.45) is 15.5 Å². The van der Waals surface area contributed by atoms with Crippen LogP contribution in [0.15, 0.2) is 149 Å². The van der Waals surface area contributed by atoms with Gasteiger partial charge in [0, 0.05) is 167 Å². The lowest BCUT2D eigenvalue weighted by Gasteiger charge is -2.37. The Hall–Kier alpha value is -9.71. The minimum atomic E-state index is -0.263. The highest BCUT2D eigenvalue weighted by Gasteiger charge is 2.37. The van der Waals surface area contributed by atoms with Crippen molar-refractivity contribution >= 4 is 80.6 Å². The van der Waals surface area contributed by atoms with Gasteiger partial charge in [-0.2, -0.15) is 0 Å². The molecule has 6 aromatic rings. The monoisotopic (exact) mass is 1430 g/mol. The minimum absolute atomic E-state index is 0.00701. The number of carbonyl (C=O) groups excluding carboxylic acids is 4. The molecular formula is C82H103N13O10. The maximum absolute atomic E-state index is 13.2. The summed E-state index contributed by atoms with van der Waals surface area (Å²) in [5.41, 5.74) is 13.3. The summed E-state index contributed by atoms with van der Waals surface area (Å²) in [6.07, 6.45) is 5.50.